The van der Waals surface area contributed by atoms with Crippen molar-refractivity contribution in [2.45, 2.75) is 38.4 Å². The third-order valence-electron chi connectivity index (χ3n) is 2.80. The van der Waals surface area contributed by atoms with Crippen LogP contribution in [-0.2, 0) is 0 Å². The molecule has 0 amide bonds. The summed E-state index contributed by atoms with van der Waals surface area (Å²) < 4.78 is 48.5. The molecule has 19 heavy (non-hydrogen) atoms. The molecule has 0 radical (unpaired) electrons. The van der Waals surface area contributed by atoms with Gasteiger partial charge in [0, 0.05) is 24.1 Å². The molecule has 2 nitrogen and oxygen atoms in total. The molecular formula is C13H17F4NO. The monoisotopic (exact) mass is 279 g/mol. The van der Waals surface area contributed by atoms with E-state index in [1.54, 1.807) is 6.92 Å². The maximum absolute atomic E-state index is 12.8. The zero-order valence-corrected chi connectivity index (χ0v) is 10.6. The van der Waals surface area contributed by atoms with Crippen LogP contribution in [0.2, 0.25) is 0 Å². The van der Waals surface area contributed by atoms with Crippen molar-refractivity contribution in [2.24, 2.45) is 0 Å². The molecule has 1 aromatic carbocycles. The summed E-state index contributed by atoms with van der Waals surface area (Å²) in [6.07, 6.45) is -4.43. The first kappa shape index (κ1) is 15.8. The summed E-state index contributed by atoms with van der Waals surface area (Å²) in [6, 6.07) is 3.46. The molecule has 6 heteroatoms. The number of alkyl halides is 3. The Morgan fingerprint density at radius 3 is 2.53 bits per heavy atom. The van der Waals surface area contributed by atoms with E-state index in [4.69, 9.17) is 0 Å². The molecule has 0 aliphatic carbocycles. The third-order valence-corrected chi connectivity index (χ3v) is 2.80. The van der Waals surface area contributed by atoms with Crippen LogP contribution in [0.25, 0.3) is 0 Å². The molecule has 0 heterocycles. The molecule has 1 unspecified atom stereocenters. The Morgan fingerprint density at radius 2 is 1.95 bits per heavy atom. The Kier molecular flexibility index (Phi) is 5.60. The summed E-state index contributed by atoms with van der Waals surface area (Å²) in [5.74, 6) is -0.686. The largest absolute Gasteiger partial charge is 0.508 e. The molecule has 1 atom stereocenters. The summed E-state index contributed by atoms with van der Waals surface area (Å²) in [5, 5.41) is 12.5. The number of hydrogen-bond donors (Lipinski definition) is 2. The predicted octanol–water partition coefficient (Wildman–Crippen LogP) is 3.91. The van der Waals surface area contributed by atoms with Gasteiger partial charge in [-0.1, -0.05) is 6.07 Å². The highest BCUT2D eigenvalue weighted by atomic mass is 19.4. The van der Waals surface area contributed by atoms with Gasteiger partial charge in [-0.05, 0) is 32.4 Å². The van der Waals surface area contributed by atoms with Gasteiger partial charge in [0.15, 0.2) is 0 Å². The lowest BCUT2D eigenvalue weighted by Crippen LogP contribution is -2.20. The van der Waals surface area contributed by atoms with Crippen LogP contribution in [0.4, 0.5) is 17.6 Å². The van der Waals surface area contributed by atoms with E-state index in [0.717, 1.165) is 6.07 Å². The Hall–Kier alpha value is -1.30. The summed E-state index contributed by atoms with van der Waals surface area (Å²) in [6.45, 7) is 2.17. The normalized spacial score (nSPS) is 13.5. The number of unbranched alkanes of at least 4 members (excludes halogenated alkanes) is 1. The standard InChI is InChI=1S/C13H17F4NO/c1-9(11-5-4-10(14)8-12(11)19)18-7-3-2-6-13(15,16)17/h4-5,8-9,18-19H,2-3,6-7H2,1H3. The molecule has 1 rings (SSSR count). The molecule has 0 fully saturated rings. The zero-order chi connectivity index (χ0) is 14.5. The summed E-state index contributed by atoms with van der Waals surface area (Å²) in [4.78, 5) is 0. The second kappa shape index (κ2) is 6.75. The van der Waals surface area contributed by atoms with E-state index in [9.17, 15) is 22.7 Å². The van der Waals surface area contributed by atoms with Gasteiger partial charge in [-0.15, -0.1) is 0 Å². The van der Waals surface area contributed by atoms with Gasteiger partial charge in [-0.25, -0.2) is 4.39 Å². The lowest BCUT2D eigenvalue weighted by molar-refractivity contribution is -0.135. The molecule has 0 saturated heterocycles. The number of nitrogens with one attached hydrogen (secondary N) is 1. The van der Waals surface area contributed by atoms with Gasteiger partial charge >= 0.3 is 6.18 Å². The molecule has 0 aliphatic heterocycles. The van der Waals surface area contributed by atoms with Crippen molar-refractivity contribution in [1.82, 2.24) is 5.32 Å². The molecule has 2 N–H and O–H groups in total. The van der Waals surface area contributed by atoms with Crippen molar-refractivity contribution < 1.29 is 22.7 Å². The zero-order valence-electron chi connectivity index (χ0n) is 10.6. The first-order valence-electron chi connectivity index (χ1n) is 6.08. The van der Waals surface area contributed by atoms with Gasteiger partial charge < -0.3 is 10.4 Å². The fourth-order valence-corrected chi connectivity index (χ4v) is 1.76. The van der Waals surface area contributed by atoms with E-state index in [0.29, 0.717) is 18.5 Å². The van der Waals surface area contributed by atoms with Crippen LogP contribution in [0.3, 0.4) is 0 Å². The van der Waals surface area contributed by atoms with Crippen molar-refractivity contribution in [3.05, 3.63) is 29.6 Å². The van der Waals surface area contributed by atoms with Crippen molar-refractivity contribution in [3.63, 3.8) is 0 Å². The second-order valence-corrected chi connectivity index (χ2v) is 4.45. The van der Waals surface area contributed by atoms with Crippen LogP contribution in [0.15, 0.2) is 18.2 Å². The smallest absolute Gasteiger partial charge is 0.389 e. The SMILES string of the molecule is CC(NCCCCC(F)(F)F)c1ccc(F)cc1O. The summed E-state index contributed by atoms with van der Waals surface area (Å²) in [7, 11) is 0. The van der Waals surface area contributed by atoms with Gasteiger partial charge in [0.05, 0.1) is 0 Å². The van der Waals surface area contributed by atoms with Gasteiger partial charge in [-0.3, -0.25) is 0 Å². The summed E-state index contributed by atoms with van der Waals surface area (Å²) in [5.41, 5.74) is 0.525. The molecule has 108 valence electrons. The Bertz CT molecular complexity index is 406. The predicted molar refractivity (Wildman–Crippen MR) is 64.4 cm³/mol. The van der Waals surface area contributed by atoms with E-state index >= 15 is 0 Å². The molecule has 0 saturated carbocycles. The number of benzene rings is 1. The second-order valence-electron chi connectivity index (χ2n) is 4.45. The minimum atomic E-state index is -4.11. The van der Waals surface area contributed by atoms with E-state index in [1.807, 2.05) is 0 Å². The van der Waals surface area contributed by atoms with Gasteiger partial charge in [0.25, 0.3) is 0 Å². The number of phenols is 1. The number of rotatable bonds is 6. The minimum Gasteiger partial charge on any atom is -0.508 e. The van der Waals surface area contributed by atoms with Crippen LogP contribution in [-0.4, -0.2) is 17.8 Å². The molecular weight excluding hydrogens is 262 g/mol. The minimum absolute atomic E-state index is 0.0681. The Balaban J connectivity index is 2.33. The highest BCUT2D eigenvalue weighted by Crippen LogP contribution is 2.25. The van der Waals surface area contributed by atoms with Crippen LogP contribution in [0, 0.1) is 5.82 Å². The van der Waals surface area contributed by atoms with E-state index in [-0.39, 0.29) is 18.2 Å². The highest BCUT2D eigenvalue weighted by molar-refractivity contribution is 5.34. The van der Waals surface area contributed by atoms with E-state index in [1.165, 1.54) is 12.1 Å². The first-order valence-corrected chi connectivity index (χ1v) is 6.08. The number of phenolic OH excluding ortho intramolecular Hbond substituents is 1. The topological polar surface area (TPSA) is 32.3 Å². The van der Waals surface area contributed by atoms with Crippen LogP contribution in [0.1, 0.15) is 37.8 Å². The first-order chi connectivity index (χ1) is 8.79. The maximum Gasteiger partial charge on any atom is 0.389 e. The van der Waals surface area contributed by atoms with Crippen molar-refractivity contribution in [1.29, 1.82) is 0 Å². The van der Waals surface area contributed by atoms with Crippen molar-refractivity contribution >= 4 is 0 Å². The number of hydrogen-bond acceptors (Lipinski definition) is 2. The van der Waals surface area contributed by atoms with Crippen molar-refractivity contribution in [3.8, 4) is 5.75 Å². The van der Waals surface area contributed by atoms with Crippen molar-refractivity contribution in [2.75, 3.05) is 6.54 Å². The lowest BCUT2D eigenvalue weighted by Gasteiger charge is -2.15. The molecule has 0 aliphatic rings. The summed E-state index contributed by atoms with van der Waals surface area (Å²) >= 11 is 0. The molecule has 0 spiro atoms. The molecule has 0 aromatic heterocycles. The quantitative estimate of drug-likeness (QED) is 0.611. The fraction of sp³-hybridized carbons (Fsp3) is 0.538. The maximum atomic E-state index is 12.8. The fourth-order valence-electron chi connectivity index (χ4n) is 1.76. The van der Waals surface area contributed by atoms with Gasteiger partial charge in [-0.2, -0.15) is 13.2 Å². The van der Waals surface area contributed by atoms with Crippen LogP contribution in [0.5, 0.6) is 5.75 Å². The molecule has 0 bridgehead atoms. The number of aromatic hydroxyl groups is 1. The Morgan fingerprint density at radius 1 is 1.26 bits per heavy atom. The lowest BCUT2D eigenvalue weighted by atomic mass is 10.1. The average Bonchev–Trinajstić information content (AvgIpc) is 2.26. The molecule has 1 aromatic rings. The van der Waals surface area contributed by atoms with E-state index in [2.05, 4.69) is 5.32 Å². The number of halogens is 4. The van der Waals surface area contributed by atoms with Crippen LogP contribution < -0.4 is 5.32 Å². The average molecular weight is 279 g/mol. The highest BCUT2D eigenvalue weighted by Gasteiger charge is 2.25. The Labute approximate surface area is 109 Å². The van der Waals surface area contributed by atoms with Crippen LogP contribution >= 0.6 is 0 Å². The van der Waals surface area contributed by atoms with E-state index < -0.39 is 18.4 Å². The van der Waals surface area contributed by atoms with Gasteiger partial charge in [0.1, 0.15) is 11.6 Å². The van der Waals surface area contributed by atoms with Gasteiger partial charge in [0.2, 0.25) is 0 Å². The third kappa shape index (κ3) is 5.92.